The lowest BCUT2D eigenvalue weighted by atomic mass is 9.79. The molecule has 1 nitrogen and oxygen atoms in total. The molecule has 0 saturated heterocycles. The second-order valence-corrected chi connectivity index (χ2v) is 5.89. The van der Waals surface area contributed by atoms with Crippen molar-refractivity contribution in [3.8, 4) is 0 Å². The molecule has 0 bridgehead atoms. The van der Waals surface area contributed by atoms with Gasteiger partial charge in [0.15, 0.2) is 0 Å². The van der Waals surface area contributed by atoms with Gasteiger partial charge in [-0.2, -0.15) is 0 Å². The van der Waals surface area contributed by atoms with Crippen LogP contribution < -0.4 is 5.73 Å². The van der Waals surface area contributed by atoms with Crippen molar-refractivity contribution in [1.29, 1.82) is 0 Å². The highest BCUT2D eigenvalue weighted by Crippen LogP contribution is 2.33. The Morgan fingerprint density at radius 3 is 1.60 bits per heavy atom. The smallest absolute Gasteiger partial charge is 0.00441 e. The van der Waals surface area contributed by atoms with Gasteiger partial charge in [0.05, 0.1) is 0 Å². The van der Waals surface area contributed by atoms with E-state index < -0.39 is 0 Å². The van der Waals surface area contributed by atoms with Crippen LogP contribution in [0.2, 0.25) is 0 Å². The van der Waals surface area contributed by atoms with E-state index in [1.807, 2.05) is 0 Å². The fraction of sp³-hybridized carbons (Fsp3) is 1.00. The van der Waals surface area contributed by atoms with Crippen LogP contribution in [0.5, 0.6) is 0 Å². The molecule has 2 rings (SSSR count). The highest BCUT2D eigenvalue weighted by Gasteiger charge is 2.22. The molecular weight excluding hydrogens is 182 g/mol. The van der Waals surface area contributed by atoms with Gasteiger partial charge in [-0.25, -0.2) is 0 Å². The maximum atomic E-state index is 6.27. The van der Waals surface area contributed by atoms with Crippen LogP contribution in [0.15, 0.2) is 0 Å². The van der Waals surface area contributed by atoms with Crippen LogP contribution >= 0.6 is 0 Å². The lowest BCUT2D eigenvalue weighted by Gasteiger charge is -2.29. The highest BCUT2D eigenvalue weighted by atomic mass is 14.6. The van der Waals surface area contributed by atoms with Crippen molar-refractivity contribution >= 4 is 0 Å². The summed E-state index contributed by atoms with van der Waals surface area (Å²) in [5.74, 6) is 1.95. The molecule has 0 aliphatic heterocycles. The average molecular weight is 209 g/mol. The Kier molecular flexibility index (Phi) is 4.49. The first-order chi connectivity index (χ1) is 7.34. The van der Waals surface area contributed by atoms with Crippen molar-refractivity contribution in [2.24, 2.45) is 17.6 Å². The van der Waals surface area contributed by atoms with Crippen molar-refractivity contribution in [2.75, 3.05) is 0 Å². The summed E-state index contributed by atoms with van der Waals surface area (Å²) >= 11 is 0. The van der Waals surface area contributed by atoms with E-state index in [0.29, 0.717) is 6.04 Å². The summed E-state index contributed by atoms with van der Waals surface area (Å²) in [6.45, 7) is 0. The molecule has 1 atom stereocenters. The van der Waals surface area contributed by atoms with Crippen LogP contribution in [0.25, 0.3) is 0 Å². The Balaban J connectivity index is 1.64. The molecule has 0 radical (unpaired) electrons. The van der Waals surface area contributed by atoms with E-state index in [0.717, 1.165) is 11.8 Å². The Morgan fingerprint density at radius 1 is 0.733 bits per heavy atom. The number of rotatable bonds is 4. The lowest BCUT2D eigenvalue weighted by Crippen LogP contribution is -2.28. The quantitative estimate of drug-likeness (QED) is 0.699. The largest absolute Gasteiger partial charge is 0.328 e. The van der Waals surface area contributed by atoms with Gasteiger partial charge < -0.3 is 5.73 Å². The zero-order valence-corrected chi connectivity index (χ0v) is 10.1. The summed E-state index contributed by atoms with van der Waals surface area (Å²) in [7, 11) is 0. The van der Waals surface area contributed by atoms with Crippen LogP contribution in [0.3, 0.4) is 0 Å². The third-order valence-corrected chi connectivity index (χ3v) is 4.47. The minimum atomic E-state index is 0.512. The standard InChI is InChI=1S/C14H27N/c15-14(11-13-8-5-9-13)10-12-6-3-1-2-4-7-12/h12-14H,1-11,15H2. The molecule has 0 aromatic rings. The SMILES string of the molecule is NC(CC1CCCCCC1)CC1CCC1. The molecular formula is C14H27N. The lowest BCUT2D eigenvalue weighted by molar-refractivity contribution is 0.255. The molecule has 1 unspecified atom stereocenters. The van der Waals surface area contributed by atoms with Gasteiger partial charge in [0.2, 0.25) is 0 Å². The van der Waals surface area contributed by atoms with Gasteiger partial charge >= 0.3 is 0 Å². The Morgan fingerprint density at radius 2 is 1.20 bits per heavy atom. The third-order valence-electron chi connectivity index (χ3n) is 4.47. The first-order valence-electron chi connectivity index (χ1n) is 7.10. The molecule has 1 heteroatoms. The highest BCUT2D eigenvalue weighted by molar-refractivity contribution is 4.78. The summed E-state index contributed by atoms with van der Waals surface area (Å²) in [6.07, 6.45) is 15.8. The van der Waals surface area contributed by atoms with Crippen molar-refractivity contribution in [1.82, 2.24) is 0 Å². The third kappa shape index (κ3) is 3.79. The van der Waals surface area contributed by atoms with Crippen LogP contribution in [0.1, 0.15) is 70.6 Å². The normalized spacial score (nSPS) is 27.0. The fourth-order valence-corrected chi connectivity index (χ4v) is 3.28. The van der Waals surface area contributed by atoms with Gasteiger partial charge in [-0.1, -0.05) is 57.8 Å². The van der Waals surface area contributed by atoms with E-state index in [9.17, 15) is 0 Å². The molecule has 2 saturated carbocycles. The molecule has 15 heavy (non-hydrogen) atoms. The maximum absolute atomic E-state index is 6.27. The van der Waals surface area contributed by atoms with Gasteiger partial charge in [0.1, 0.15) is 0 Å². The Hall–Kier alpha value is -0.0400. The molecule has 0 amide bonds. The molecule has 2 fully saturated rings. The van der Waals surface area contributed by atoms with Crippen LogP contribution in [-0.4, -0.2) is 6.04 Å². The van der Waals surface area contributed by atoms with Crippen molar-refractivity contribution in [3.63, 3.8) is 0 Å². The zero-order valence-electron chi connectivity index (χ0n) is 10.1. The van der Waals surface area contributed by atoms with E-state index >= 15 is 0 Å². The average Bonchev–Trinajstić information content (AvgIpc) is 2.40. The number of nitrogens with two attached hydrogens (primary N) is 1. The molecule has 0 aromatic heterocycles. The van der Waals surface area contributed by atoms with Crippen molar-refractivity contribution in [3.05, 3.63) is 0 Å². The number of hydrogen-bond acceptors (Lipinski definition) is 1. The molecule has 2 aliphatic carbocycles. The van der Waals surface area contributed by atoms with E-state index in [1.165, 1.54) is 70.6 Å². The topological polar surface area (TPSA) is 26.0 Å². The molecule has 2 aliphatic rings. The predicted molar refractivity (Wildman–Crippen MR) is 65.7 cm³/mol. The van der Waals surface area contributed by atoms with Gasteiger partial charge in [-0.05, 0) is 24.7 Å². The zero-order chi connectivity index (χ0) is 10.5. The molecule has 0 heterocycles. The molecule has 88 valence electrons. The van der Waals surface area contributed by atoms with Crippen molar-refractivity contribution in [2.45, 2.75) is 76.7 Å². The molecule has 0 aromatic carbocycles. The summed E-state index contributed by atoms with van der Waals surface area (Å²) < 4.78 is 0. The minimum Gasteiger partial charge on any atom is -0.328 e. The van der Waals surface area contributed by atoms with E-state index in [4.69, 9.17) is 5.73 Å². The fourth-order valence-electron chi connectivity index (χ4n) is 3.28. The van der Waals surface area contributed by atoms with E-state index in [-0.39, 0.29) is 0 Å². The van der Waals surface area contributed by atoms with E-state index in [1.54, 1.807) is 0 Å². The van der Waals surface area contributed by atoms with Crippen LogP contribution in [0.4, 0.5) is 0 Å². The minimum absolute atomic E-state index is 0.512. The predicted octanol–water partition coefficient (Wildman–Crippen LogP) is 3.86. The summed E-state index contributed by atoms with van der Waals surface area (Å²) in [5, 5.41) is 0. The summed E-state index contributed by atoms with van der Waals surface area (Å²) in [5.41, 5.74) is 6.27. The van der Waals surface area contributed by atoms with Gasteiger partial charge in [-0.15, -0.1) is 0 Å². The number of hydrogen-bond donors (Lipinski definition) is 1. The van der Waals surface area contributed by atoms with Crippen LogP contribution in [0, 0.1) is 11.8 Å². The van der Waals surface area contributed by atoms with E-state index in [2.05, 4.69) is 0 Å². The summed E-state index contributed by atoms with van der Waals surface area (Å²) in [4.78, 5) is 0. The summed E-state index contributed by atoms with van der Waals surface area (Å²) in [6, 6.07) is 0.512. The van der Waals surface area contributed by atoms with Gasteiger partial charge in [0, 0.05) is 6.04 Å². The Labute approximate surface area is 94.8 Å². The maximum Gasteiger partial charge on any atom is 0.00441 e. The Bertz CT molecular complexity index is 166. The molecule has 2 N–H and O–H groups in total. The molecule has 0 spiro atoms. The first kappa shape index (κ1) is 11.4. The van der Waals surface area contributed by atoms with Crippen LogP contribution in [-0.2, 0) is 0 Å². The first-order valence-corrected chi connectivity index (χ1v) is 7.10. The second kappa shape index (κ2) is 5.89. The van der Waals surface area contributed by atoms with Gasteiger partial charge in [-0.3, -0.25) is 0 Å². The van der Waals surface area contributed by atoms with Gasteiger partial charge in [0.25, 0.3) is 0 Å². The van der Waals surface area contributed by atoms with Crippen molar-refractivity contribution < 1.29 is 0 Å². The monoisotopic (exact) mass is 209 g/mol. The second-order valence-electron chi connectivity index (χ2n) is 5.89.